The molecule has 0 atom stereocenters. The molecule has 0 aliphatic heterocycles. The highest BCUT2D eigenvalue weighted by atomic mass is 19.1. The van der Waals surface area contributed by atoms with E-state index in [1.807, 2.05) is 12.1 Å². The molecule has 0 saturated heterocycles. The Hall–Kier alpha value is -0.890. The van der Waals surface area contributed by atoms with Crippen molar-refractivity contribution in [2.45, 2.75) is 32.2 Å². The molecule has 1 aliphatic rings. The van der Waals surface area contributed by atoms with Crippen LogP contribution in [0.3, 0.4) is 0 Å². The van der Waals surface area contributed by atoms with Crippen molar-refractivity contribution in [3.8, 4) is 0 Å². The van der Waals surface area contributed by atoms with Gasteiger partial charge in [0.05, 0.1) is 0 Å². The second-order valence-electron chi connectivity index (χ2n) is 3.91. The summed E-state index contributed by atoms with van der Waals surface area (Å²) >= 11 is 0. The van der Waals surface area contributed by atoms with E-state index in [-0.39, 0.29) is 5.82 Å². The van der Waals surface area contributed by atoms with Crippen molar-refractivity contribution in [2.75, 3.05) is 6.54 Å². The molecule has 0 aromatic heterocycles. The third-order valence-corrected chi connectivity index (χ3v) is 2.66. The summed E-state index contributed by atoms with van der Waals surface area (Å²) in [6.07, 6.45) is 2.31. The number of benzene rings is 1. The molecule has 1 N–H and O–H groups in total. The van der Waals surface area contributed by atoms with Crippen LogP contribution in [0.4, 0.5) is 4.39 Å². The molecule has 2 rings (SSSR count). The van der Waals surface area contributed by atoms with Crippen molar-refractivity contribution in [1.29, 1.82) is 0 Å². The highest BCUT2D eigenvalue weighted by Crippen LogP contribution is 2.41. The second-order valence-corrected chi connectivity index (χ2v) is 3.91. The van der Waals surface area contributed by atoms with Crippen molar-refractivity contribution in [1.82, 2.24) is 5.32 Å². The quantitative estimate of drug-likeness (QED) is 0.775. The van der Waals surface area contributed by atoms with Gasteiger partial charge in [-0.3, -0.25) is 0 Å². The molecule has 0 unspecified atom stereocenters. The van der Waals surface area contributed by atoms with Crippen LogP contribution in [-0.2, 0) is 6.54 Å². The topological polar surface area (TPSA) is 12.0 Å². The Morgan fingerprint density at radius 2 is 2.21 bits per heavy atom. The summed E-state index contributed by atoms with van der Waals surface area (Å²) in [6.45, 7) is 3.74. The SMILES string of the molecule is CCNCc1ccc(C2CC2)c(F)c1. The lowest BCUT2D eigenvalue weighted by molar-refractivity contribution is 0.605. The first-order chi connectivity index (χ1) is 6.81. The van der Waals surface area contributed by atoms with Crippen LogP contribution in [0.15, 0.2) is 18.2 Å². The summed E-state index contributed by atoms with van der Waals surface area (Å²) in [5.41, 5.74) is 1.94. The second kappa shape index (κ2) is 4.09. The first kappa shape index (κ1) is 9.66. The number of hydrogen-bond acceptors (Lipinski definition) is 1. The third-order valence-electron chi connectivity index (χ3n) is 2.66. The number of rotatable bonds is 4. The molecule has 1 fully saturated rings. The molecule has 0 spiro atoms. The molecule has 0 heterocycles. The number of halogens is 1. The van der Waals surface area contributed by atoms with Crippen molar-refractivity contribution < 1.29 is 4.39 Å². The van der Waals surface area contributed by atoms with Gasteiger partial charge >= 0.3 is 0 Å². The minimum atomic E-state index is -0.0251. The van der Waals surface area contributed by atoms with Gasteiger partial charge in [-0.15, -0.1) is 0 Å². The summed E-state index contributed by atoms with van der Waals surface area (Å²) in [5, 5.41) is 3.19. The lowest BCUT2D eigenvalue weighted by atomic mass is 10.1. The highest BCUT2D eigenvalue weighted by Gasteiger charge is 2.26. The van der Waals surface area contributed by atoms with E-state index in [0.29, 0.717) is 5.92 Å². The summed E-state index contributed by atoms with van der Waals surface area (Å²) in [5.74, 6) is 0.478. The Balaban J connectivity index is 2.09. The molecule has 1 aromatic rings. The zero-order valence-corrected chi connectivity index (χ0v) is 8.52. The van der Waals surface area contributed by atoms with Gasteiger partial charge in [0.25, 0.3) is 0 Å². The van der Waals surface area contributed by atoms with E-state index in [2.05, 4.69) is 12.2 Å². The predicted octanol–water partition coefficient (Wildman–Crippen LogP) is 2.81. The van der Waals surface area contributed by atoms with Crippen LogP contribution in [0.25, 0.3) is 0 Å². The van der Waals surface area contributed by atoms with Crippen molar-refractivity contribution in [3.63, 3.8) is 0 Å². The van der Waals surface area contributed by atoms with Crippen molar-refractivity contribution >= 4 is 0 Å². The van der Waals surface area contributed by atoms with E-state index in [9.17, 15) is 4.39 Å². The molecular formula is C12H16FN. The maximum atomic E-state index is 13.5. The van der Waals surface area contributed by atoms with Gasteiger partial charge in [0.1, 0.15) is 5.82 Å². The zero-order valence-electron chi connectivity index (χ0n) is 8.52. The zero-order chi connectivity index (χ0) is 9.97. The lowest BCUT2D eigenvalue weighted by Gasteiger charge is -2.05. The molecule has 1 saturated carbocycles. The monoisotopic (exact) mass is 193 g/mol. The molecule has 14 heavy (non-hydrogen) atoms. The Labute approximate surface area is 84.3 Å². The molecule has 0 bridgehead atoms. The van der Waals surface area contributed by atoms with Gasteiger partial charge in [0.15, 0.2) is 0 Å². The van der Waals surface area contributed by atoms with Crippen LogP contribution < -0.4 is 5.32 Å². The maximum Gasteiger partial charge on any atom is 0.127 e. The van der Waals surface area contributed by atoms with Crippen molar-refractivity contribution in [2.24, 2.45) is 0 Å². The summed E-state index contributed by atoms with van der Waals surface area (Å²) < 4.78 is 13.5. The first-order valence-electron chi connectivity index (χ1n) is 5.30. The van der Waals surface area contributed by atoms with E-state index in [1.165, 1.54) is 0 Å². The largest absolute Gasteiger partial charge is 0.313 e. The van der Waals surface area contributed by atoms with E-state index in [1.54, 1.807) is 6.07 Å². The molecule has 0 amide bonds. The molecule has 0 radical (unpaired) electrons. The molecule has 1 nitrogen and oxygen atoms in total. The Kier molecular flexibility index (Phi) is 2.82. The molecular weight excluding hydrogens is 177 g/mol. The van der Waals surface area contributed by atoms with E-state index < -0.39 is 0 Å². The van der Waals surface area contributed by atoms with Gasteiger partial charge < -0.3 is 5.32 Å². The van der Waals surface area contributed by atoms with Crippen LogP contribution in [0.2, 0.25) is 0 Å². The number of hydrogen-bond donors (Lipinski definition) is 1. The minimum absolute atomic E-state index is 0.0251. The fourth-order valence-corrected chi connectivity index (χ4v) is 1.68. The van der Waals surface area contributed by atoms with Crippen LogP contribution in [0, 0.1) is 5.82 Å². The van der Waals surface area contributed by atoms with Gasteiger partial charge in [-0.05, 0) is 42.5 Å². The highest BCUT2D eigenvalue weighted by molar-refractivity contribution is 5.29. The van der Waals surface area contributed by atoms with E-state index >= 15 is 0 Å². The summed E-state index contributed by atoms with van der Waals surface area (Å²) in [6, 6.07) is 5.63. The molecule has 1 aromatic carbocycles. The Morgan fingerprint density at radius 3 is 2.79 bits per heavy atom. The van der Waals surface area contributed by atoms with Crippen LogP contribution in [-0.4, -0.2) is 6.54 Å². The Morgan fingerprint density at radius 1 is 1.43 bits per heavy atom. The lowest BCUT2D eigenvalue weighted by Crippen LogP contribution is -2.11. The maximum absolute atomic E-state index is 13.5. The fourth-order valence-electron chi connectivity index (χ4n) is 1.68. The average molecular weight is 193 g/mol. The minimum Gasteiger partial charge on any atom is -0.313 e. The van der Waals surface area contributed by atoms with Crippen LogP contribution in [0.1, 0.15) is 36.8 Å². The van der Waals surface area contributed by atoms with Crippen LogP contribution in [0.5, 0.6) is 0 Å². The van der Waals surface area contributed by atoms with E-state index in [0.717, 1.165) is 37.1 Å². The smallest absolute Gasteiger partial charge is 0.127 e. The van der Waals surface area contributed by atoms with Crippen molar-refractivity contribution in [3.05, 3.63) is 35.1 Å². The normalized spacial score (nSPS) is 15.9. The summed E-state index contributed by atoms with van der Waals surface area (Å²) in [7, 11) is 0. The van der Waals surface area contributed by atoms with Crippen LogP contribution >= 0.6 is 0 Å². The molecule has 2 heteroatoms. The van der Waals surface area contributed by atoms with Gasteiger partial charge in [0, 0.05) is 6.54 Å². The molecule has 1 aliphatic carbocycles. The Bertz CT molecular complexity index is 318. The fraction of sp³-hybridized carbons (Fsp3) is 0.500. The predicted molar refractivity (Wildman–Crippen MR) is 55.8 cm³/mol. The van der Waals surface area contributed by atoms with E-state index in [4.69, 9.17) is 0 Å². The van der Waals surface area contributed by atoms with Gasteiger partial charge in [-0.1, -0.05) is 19.1 Å². The van der Waals surface area contributed by atoms with Gasteiger partial charge in [-0.2, -0.15) is 0 Å². The average Bonchev–Trinajstić information content (AvgIpc) is 2.98. The summed E-state index contributed by atoms with van der Waals surface area (Å²) in [4.78, 5) is 0. The van der Waals surface area contributed by atoms with Gasteiger partial charge in [-0.25, -0.2) is 4.39 Å². The standard InChI is InChI=1S/C12H16FN/c1-2-14-8-9-3-6-11(10-4-5-10)12(13)7-9/h3,6-7,10,14H,2,4-5,8H2,1H3. The first-order valence-corrected chi connectivity index (χ1v) is 5.30. The third kappa shape index (κ3) is 2.13. The van der Waals surface area contributed by atoms with Gasteiger partial charge in [0.2, 0.25) is 0 Å². The number of nitrogens with one attached hydrogen (secondary N) is 1. The molecule has 76 valence electrons.